The molecule has 1 aromatic rings. The molecule has 1 aromatic heterocycles. The highest BCUT2D eigenvalue weighted by atomic mass is 35.5. The van der Waals surface area contributed by atoms with Gasteiger partial charge >= 0.3 is 0 Å². The standard InChI is InChI=1S/C9H11ClN2/c1-6-5-11-9(7-2-3-7)12-8(6)4-10/h5,7H,2-4H2,1H3. The molecule has 0 aliphatic heterocycles. The van der Waals surface area contributed by atoms with Gasteiger partial charge in [-0.3, -0.25) is 0 Å². The van der Waals surface area contributed by atoms with E-state index in [1.807, 2.05) is 13.1 Å². The van der Waals surface area contributed by atoms with E-state index in [0.29, 0.717) is 11.8 Å². The SMILES string of the molecule is Cc1cnc(C2CC2)nc1CCl. The molecule has 0 spiro atoms. The summed E-state index contributed by atoms with van der Waals surface area (Å²) < 4.78 is 0. The van der Waals surface area contributed by atoms with Crippen LogP contribution in [-0.2, 0) is 5.88 Å². The summed E-state index contributed by atoms with van der Waals surface area (Å²) in [5.74, 6) is 2.09. The molecule has 1 saturated carbocycles. The zero-order valence-corrected chi connectivity index (χ0v) is 7.80. The highest BCUT2D eigenvalue weighted by molar-refractivity contribution is 6.16. The van der Waals surface area contributed by atoms with Crippen LogP contribution in [0.1, 0.15) is 35.8 Å². The molecule has 2 nitrogen and oxygen atoms in total. The smallest absolute Gasteiger partial charge is 0.131 e. The van der Waals surface area contributed by atoms with E-state index < -0.39 is 0 Å². The first-order chi connectivity index (χ1) is 5.81. The molecule has 0 unspecified atom stereocenters. The van der Waals surface area contributed by atoms with E-state index in [0.717, 1.165) is 17.1 Å². The van der Waals surface area contributed by atoms with Gasteiger partial charge in [-0.15, -0.1) is 11.6 Å². The molecule has 1 aliphatic carbocycles. The second kappa shape index (κ2) is 3.02. The summed E-state index contributed by atoms with van der Waals surface area (Å²) in [7, 11) is 0. The van der Waals surface area contributed by atoms with Crippen LogP contribution in [0.5, 0.6) is 0 Å². The molecule has 64 valence electrons. The third kappa shape index (κ3) is 1.44. The van der Waals surface area contributed by atoms with Crippen molar-refractivity contribution < 1.29 is 0 Å². The maximum atomic E-state index is 5.74. The maximum Gasteiger partial charge on any atom is 0.131 e. The minimum Gasteiger partial charge on any atom is -0.241 e. The second-order valence-electron chi connectivity index (χ2n) is 3.27. The molecule has 1 fully saturated rings. The van der Waals surface area contributed by atoms with E-state index in [9.17, 15) is 0 Å². The minimum atomic E-state index is 0.494. The Hall–Kier alpha value is -0.630. The van der Waals surface area contributed by atoms with E-state index in [-0.39, 0.29) is 0 Å². The first-order valence-electron chi connectivity index (χ1n) is 4.19. The maximum absolute atomic E-state index is 5.74. The van der Waals surface area contributed by atoms with Crippen molar-refractivity contribution in [2.24, 2.45) is 0 Å². The number of rotatable bonds is 2. The van der Waals surface area contributed by atoms with Gasteiger partial charge in [0.2, 0.25) is 0 Å². The topological polar surface area (TPSA) is 25.8 Å². The average Bonchev–Trinajstić information content (AvgIpc) is 2.88. The first kappa shape index (κ1) is 7.99. The van der Waals surface area contributed by atoms with E-state index in [1.165, 1.54) is 12.8 Å². The number of hydrogen-bond acceptors (Lipinski definition) is 2. The molecule has 0 saturated heterocycles. The minimum absolute atomic E-state index is 0.494. The Bertz CT molecular complexity index is 295. The van der Waals surface area contributed by atoms with Crippen LogP contribution in [0.15, 0.2) is 6.20 Å². The Morgan fingerprint density at radius 1 is 1.58 bits per heavy atom. The number of halogens is 1. The monoisotopic (exact) mass is 182 g/mol. The molecule has 0 N–H and O–H groups in total. The predicted molar refractivity (Wildman–Crippen MR) is 48.3 cm³/mol. The predicted octanol–water partition coefficient (Wildman–Crippen LogP) is 2.40. The van der Waals surface area contributed by atoms with Crippen LogP contribution in [0, 0.1) is 6.92 Å². The van der Waals surface area contributed by atoms with Gasteiger partial charge in [-0.05, 0) is 25.3 Å². The number of aryl methyl sites for hydroxylation is 1. The Balaban J connectivity index is 2.33. The molecule has 0 amide bonds. The average molecular weight is 183 g/mol. The van der Waals surface area contributed by atoms with Crippen molar-refractivity contribution >= 4 is 11.6 Å². The van der Waals surface area contributed by atoms with Gasteiger partial charge in [0.25, 0.3) is 0 Å². The number of alkyl halides is 1. The van der Waals surface area contributed by atoms with Crippen molar-refractivity contribution in [1.82, 2.24) is 9.97 Å². The van der Waals surface area contributed by atoms with Crippen LogP contribution in [-0.4, -0.2) is 9.97 Å². The van der Waals surface area contributed by atoms with Gasteiger partial charge < -0.3 is 0 Å². The van der Waals surface area contributed by atoms with Crippen LogP contribution in [0.3, 0.4) is 0 Å². The quantitative estimate of drug-likeness (QED) is 0.657. The van der Waals surface area contributed by atoms with E-state index >= 15 is 0 Å². The lowest BCUT2D eigenvalue weighted by Crippen LogP contribution is -1.98. The molecular formula is C9H11ClN2. The van der Waals surface area contributed by atoms with Gasteiger partial charge in [0.1, 0.15) is 5.82 Å². The highest BCUT2D eigenvalue weighted by Crippen LogP contribution is 2.37. The highest BCUT2D eigenvalue weighted by Gasteiger charge is 2.26. The van der Waals surface area contributed by atoms with Crippen LogP contribution in [0.4, 0.5) is 0 Å². The largest absolute Gasteiger partial charge is 0.241 e. The van der Waals surface area contributed by atoms with Crippen LogP contribution in [0.25, 0.3) is 0 Å². The van der Waals surface area contributed by atoms with Crippen molar-refractivity contribution in [3.8, 4) is 0 Å². The molecule has 12 heavy (non-hydrogen) atoms. The number of nitrogens with zero attached hydrogens (tertiary/aromatic N) is 2. The van der Waals surface area contributed by atoms with E-state index in [1.54, 1.807) is 0 Å². The Morgan fingerprint density at radius 3 is 2.92 bits per heavy atom. The summed E-state index contributed by atoms with van der Waals surface area (Å²) in [4.78, 5) is 8.69. The molecule has 1 heterocycles. The summed E-state index contributed by atoms with van der Waals surface area (Å²) in [5, 5.41) is 0. The third-order valence-electron chi connectivity index (χ3n) is 2.16. The first-order valence-corrected chi connectivity index (χ1v) is 4.73. The van der Waals surface area contributed by atoms with Crippen molar-refractivity contribution in [2.45, 2.75) is 31.6 Å². The number of hydrogen-bond donors (Lipinski definition) is 0. The fourth-order valence-electron chi connectivity index (χ4n) is 1.17. The number of aromatic nitrogens is 2. The Morgan fingerprint density at radius 2 is 2.33 bits per heavy atom. The molecule has 2 rings (SSSR count). The van der Waals surface area contributed by atoms with Crippen molar-refractivity contribution in [1.29, 1.82) is 0 Å². The summed E-state index contributed by atoms with van der Waals surface area (Å²) >= 11 is 5.74. The van der Waals surface area contributed by atoms with Crippen molar-refractivity contribution in [3.63, 3.8) is 0 Å². The molecule has 0 bridgehead atoms. The lowest BCUT2D eigenvalue weighted by molar-refractivity contribution is 0.888. The van der Waals surface area contributed by atoms with Gasteiger partial charge in [0.05, 0.1) is 11.6 Å². The fraction of sp³-hybridized carbons (Fsp3) is 0.556. The van der Waals surface area contributed by atoms with E-state index in [2.05, 4.69) is 9.97 Å². The summed E-state index contributed by atoms with van der Waals surface area (Å²) in [6.45, 7) is 1.99. The van der Waals surface area contributed by atoms with Crippen LogP contribution < -0.4 is 0 Å². The lowest BCUT2D eigenvalue weighted by Gasteiger charge is -2.02. The zero-order chi connectivity index (χ0) is 8.55. The summed E-state index contributed by atoms with van der Waals surface area (Å²) in [6.07, 6.45) is 4.36. The molecule has 0 radical (unpaired) electrons. The van der Waals surface area contributed by atoms with Gasteiger partial charge in [0, 0.05) is 12.1 Å². The van der Waals surface area contributed by atoms with Gasteiger partial charge in [-0.1, -0.05) is 0 Å². The van der Waals surface area contributed by atoms with Crippen LogP contribution >= 0.6 is 11.6 Å². The fourth-order valence-corrected chi connectivity index (χ4v) is 1.44. The zero-order valence-electron chi connectivity index (χ0n) is 7.05. The third-order valence-corrected chi connectivity index (χ3v) is 2.42. The van der Waals surface area contributed by atoms with Crippen LogP contribution in [0.2, 0.25) is 0 Å². The molecular weight excluding hydrogens is 172 g/mol. The van der Waals surface area contributed by atoms with Crippen molar-refractivity contribution in [3.05, 3.63) is 23.3 Å². The van der Waals surface area contributed by atoms with Gasteiger partial charge in [0.15, 0.2) is 0 Å². The summed E-state index contributed by atoms with van der Waals surface area (Å²) in [6, 6.07) is 0. The Kier molecular flexibility index (Phi) is 2.01. The van der Waals surface area contributed by atoms with Gasteiger partial charge in [-0.2, -0.15) is 0 Å². The molecule has 0 aromatic carbocycles. The molecule has 1 aliphatic rings. The second-order valence-corrected chi connectivity index (χ2v) is 3.53. The molecule has 0 atom stereocenters. The normalized spacial score (nSPS) is 16.5. The molecule has 3 heteroatoms. The summed E-state index contributed by atoms with van der Waals surface area (Å²) in [5.41, 5.74) is 2.07. The lowest BCUT2D eigenvalue weighted by atomic mass is 10.2. The van der Waals surface area contributed by atoms with E-state index in [4.69, 9.17) is 11.6 Å². The van der Waals surface area contributed by atoms with Gasteiger partial charge in [-0.25, -0.2) is 9.97 Å². The Labute approximate surface area is 77.0 Å². The van der Waals surface area contributed by atoms with Crippen molar-refractivity contribution in [2.75, 3.05) is 0 Å².